The first-order chi connectivity index (χ1) is 13.9. The van der Waals surface area contributed by atoms with E-state index in [1.165, 1.54) is 0 Å². The molecule has 1 aromatic heterocycles. The van der Waals surface area contributed by atoms with Crippen molar-refractivity contribution >= 4 is 28.3 Å². The molecule has 158 valence electrons. The average Bonchev–Trinajstić information content (AvgIpc) is 2.70. The number of Topliss-reactive ketones (excluding diaryl/α,β-unsaturated/α-hetero) is 1. The molecule has 1 amide bonds. The molecule has 1 heterocycles. The van der Waals surface area contributed by atoms with Crippen LogP contribution in [0, 0.1) is 0 Å². The number of hydrogen-bond donors (Lipinski definition) is 2. The van der Waals surface area contributed by atoms with Crippen LogP contribution in [0.25, 0.3) is 11.0 Å². The van der Waals surface area contributed by atoms with Crippen LogP contribution >= 0.6 is 0 Å². The second-order valence-corrected chi connectivity index (χ2v) is 7.05. The van der Waals surface area contributed by atoms with E-state index in [9.17, 15) is 14.4 Å². The van der Waals surface area contributed by atoms with Crippen molar-refractivity contribution in [3.63, 3.8) is 0 Å². The summed E-state index contributed by atoms with van der Waals surface area (Å²) in [4.78, 5) is 38.2. The first kappa shape index (κ1) is 22.6. The zero-order chi connectivity index (χ0) is 21.4. The van der Waals surface area contributed by atoms with Crippen molar-refractivity contribution < 1.29 is 14.0 Å². The van der Waals surface area contributed by atoms with Crippen molar-refractivity contribution in [2.24, 2.45) is 0 Å². The first-order valence-electron chi connectivity index (χ1n) is 10.2. The van der Waals surface area contributed by atoms with Gasteiger partial charge in [0.05, 0.1) is 6.04 Å². The monoisotopic (exact) mass is 401 g/mol. The number of nitrogens with one attached hydrogen (secondary N) is 2. The summed E-state index contributed by atoms with van der Waals surface area (Å²) in [5.41, 5.74) is 0.815. The van der Waals surface area contributed by atoms with Crippen LogP contribution in [-0.4, -0.2) is 44.4 Å². The van der Waals surface area contributed by atoms with Crippen LogP contribution < -0.4 is 21.2 Å². The maximum Gasteiger partial charge on any atom is 0.349 e. The molecule has 0 fully saturated rings. The molecule has 1 atom stereocenters. The number of carbonyl (C=O) groups is 2. The van der Waals surface area contributed by atoms with Gasteiger partial charge in [-0.05, 0) is 65.3 Å². The highest BCUT2D eigenvalue weighted by molar-refractivity contribution is 5.97. The van der Waals surface area contributed by atoms with Crippen LogP contribution in [-0.2, 0) is 4.79 Å². The Morgan fingerprint density at radius 1 is 1.14 bits per heavy atom. The summed E-state index contributed by atoms with van der Waals surface area (Å²) in [6.45, 7) is 7.84. The average molecular weight is 402 g/mol. The van der Waals surface area contributed by atoms with Gasteiger partial charge in [0.2, 0.25) is 0 Å². The number of amides is 1. The predicted octanol–water partition coefficient (Wildman–Crippen LogP) is 2.72. The normalized spacial score (nSPS) is 12.0. The van der Waals surface area contributed by atoms with Gasteiger partial charge in [-0.2, -0.15) is 0 Å². The van der Waals surface area contributed by atoms with E-state index in [0.29, 0.717) is 23.9 Å². The van der Waals surface area contributed by atoms with Crippen LogP contribution in [0.3, 0.4) is 0 Å². The number of hydrogen-bond acceptors (Lipinski definition) is 6. The summed E-state index contributed by atoms with van der Waals surface area (Å²) in [6, 6.07) is 7.08. The topological polar surface area (TPSA) is 91.7 Å². The number of ketones is 1. The van der Waals surface area contributed by atoms with Crippen molar-refractivity contribution in [1.29, 1.82) is 0 Å². The van der Waals surface area contributed by atoms with Crippen molar-refractivity contribution in [3.05, 3.63) is 40.2 Å². The lowest BCUT2D eigenvalue weighted by molar-refractivity contribution is -0.119. The number of unbranched alkanes of at least 4 members (excludes halogenated alkanes) is 1. The highest BCUT2D eigenvalue weighted by atomic mass is 16.4. The number of nitrogens with zero attached hydrogens (tertiary/aromatic N) is 1. The maximum atomic E-state index is 12.4. The molecule has 1 aromatic carbocycles. The van der Waals surface area contributed by atoms with E-state index >= 15 is 0 Å². The molecule has 0 aliphatic heterocycles. The van der Waals surface area contributed by atoms with Crippen LogP contribution in [0.1, 0.15) is 50.4 Å². The van der Waals surface area contributed by atoms with Crippen LogP contribution in [0.2, 0.25) is 0 Å². The Balaban J connectivity index is 2.01. The van der Waals surface area contributed by atoms with Gasteiger partial charge in [-0.1, -0.05) is 0 Å². The Morgan fingerprint density at radius 3 is 2.48 bits per heavy atom. The summed E-state index contributed by atoms with van der Waals surface area (Å²) in [5.74, 6) is -0.334. The summed E-state index contributed by atoms with van der Waals surface area (Å²) < 4.78 is 5.40. The molecule has 1 unspecified atom stereocenters. The molecule has 2 N–H and O–H groups in total. The molecule has 0 saturated heterocycles. The van der Waals surface area contributed by atoms with Crippen molar-refractivity contribution in [2.45, 2.75) is 46.1 Å². The molecule has 0 aliphatic carbocycles. The Morgan fingerprint density at radius 2 is 1.86 bits per heavy atom. The third kappa shape index (κ3) is 5.90. The van der Waals surface area contributed by atoms with Gasteiger partial charge in [0, 0.05) is 36.8 Å². The van der Waals surface area contributed by atoms with Crippen LogP contribution in [0.4, 0.5) is 5.69 Å². The van der Waals surface area contributed by atoms with Gasteiger partial charge in [0.1, 0.15) is 16.9 Å². The molecule has 0 radical (unpaired) electrons. The molecule has 0 bridgehead atoms. The lowest BCUT2D eigenvalue weighted by Gasteiger charge is -2.21. The van der Waals surface area contributed by atoms with Crippen molar-refractivity contribution in [3.8, 4) is 0 Å². The number of likely N-dealkylation sites (N-methyl/N-ethyl adjacent to an activating group) is 1. The SMILES string of the molecule is CCN(CC)c1ccc2cc(C(=O)NCCCCC(NC)C(C)=O)c(=O)oc2c1. The summed E-state index contributed by atoms with van der Waals surface area (Å²) in [5, 5.41) is 6.45. The highest BCUT2D eigenvalue weighted by Crippen LogP contribution is 2.22. The number of carbonyl (C=O) groups excluding carboxylic acids is 2. The quantitative estimate of drug-likeness (QED) is 0.444. The van der Waals surface area contributed by atoms with Gasteiger partial charge in [0.15, 0.2) is 0 Å². The predicted molar refractivity (Wildman–Crippen MR) is 116 cm³/mol. The second kappa shape index (κ2) is 10.8. The minimum Gasteiger partial charge on any atom is -0.422 e. The van der Waals surface area contributed by atoms with E-state index in [4.69, 9.17) is 4.42 Å². The van der Waals surface area contributed by atoms with Gasteiger partial charge in [-0.3, -0.25) is 9.59 Å². The molecule has 2 rings (SSSR count). The summed E-state index contributed by atoms with van der Waals surface area (Å²) in [6.07, 6.45) is 2.24. The zero-order valence-corrected chi connectivity index (χ0v) is 17.7. The molecule has 2 aromatic rings. The highest BCUT2D eigenvalue weighted by Gasteiger charge is 2.15. The smallest absolute Gasteiger partial charge is 0.349 e. The number of rotatable bonds is 11. The fourth-order valence-corrected chi connectivity index (χ4v) is 3.37. The Kier molecular flexibility index (Phi) is 8.39. The molecule has 7 heteroatoms. The van der Waals surface area contributed by atoms with Gasteiger partial charge in [-0.15, -0.1) is 0 Å². The van der Waals surface area contributed by atoms with E-state index in [2.05, 4.69) is 29.4 Å². The molecule has 0 spiro atoms. The first-order valence-corrected chi connectivity index (χ1v) is 10.2. The fraction of sp³-hybridized carbons (Fsp3) is 0.500. The van der Waals surface area contributed by atoms with Gasteiger partial charge in [0.25, 0.3) is 5.91 Å². The second-order valence-electron chi connectivity index (χ2n) is 7.05. The van der Waals surface area contributed by atoms with E-state index in [0.717, 1.165) is 31.6 Å². The zero-order valence-electron chi connectivity index (χ0n) is 17.7. The third-order valence-corrected chi connectivity index (χ3v) is 5.14. The van der Waals surface area contributed by atoms with E-state index < -0.39 is 11.5 Å². The third-order valence-electron chi connectivity index (χ3n) is 5.14. The molecule has 29 heavy (non-hydrogen) atoms. The number of anilines is 1. The Labute approximate surface area is 171 Å². The van der Waals surface area contributed by atoms with E-state index in [1.807, 2.05) is 18.2 Å². The van der Waals surface area contributed by atoms with Gasteiger partial charge >= 0.3 is 5.63 Å². The van der Waals surface area contributed by atoms with E-state index in [1.54, 1.807) is 20.0 Å². The lowest BCUT2D eigenvalue weighted by Crippen LogP contribution is -2.32. The molecular weight excluding hydrogens is 370 g/mol. The lowest BCUT2D eigenvalue weighted by atomic mass is 10.1. The minimum atomic E-state index is -0.640. The van der Waals surface area contributed by atoms with E-state index in [-0.39, 0.29) is 17.4 Å². The molecule has 0 saturated carbocycles. The van der Waals surface area contributed by atoms with Crippen molar-refractivity contribution in [2.75, 3.05) is 31.6 Å². The number of fused-ring (bicyclic) bond motifs is 1. The molecule has 7 nitrogen and oxygen atoms in total. The Bertz CT molecular complexity index is 903. The summed E-state index contributed by atoms with van der Waals surface area (Å²) in [7, 11) is 1.76. The van der Waals surface area contributed by atoms with Gasteiger partial charge in [-0.25, -0.2) is 4.79 Å². The fourth-order valence-electron chi connectivity index (χ4n) is 3.37. The number of benzene rings is 1. The largest absolute Gasteiger partial charge is 0.422 e. The minimum absolute atomic E-state index is 0.00456. The summed E-state index contributed by atoms with van der Waals surface area (Å²) >= 11 is 0. The van der Waals surface area contributed by atoms with Crippen LogP contribution in [0.15, 0.2) is 33.5 Å². The van der Waals surface area contributed by atoms with Crippen molar-refractivity contribution in [1.82, 2.24) is 10.6 Å². The maximum absolute atomic E-state index is 12.4. The van der Waals surface area contributed by atoms with Gasteiger partial charge < -0.3 is 20.0 Å². The molecular formula is C22H31N3O4. The molecule has 0 aliphatic rings. The Hall–Kier alpha value is -2.67. The standard InChI is InChI=1S/C22H31N3O4/c1-5-25(6-2)17-11-10-16-13-18(22(28)29-20(16)14-17)21(27)24-12-8-7-9-19(23-4)15(3)26/h10-11,13-14,19,23H,5-9,12H2,1-4H3,(H,24,27). The van der Waals surface area contributed by atoms with Crippen LogP contribution in [0.5, 0.6) is 0 Å².